The summed E-state index contributed by atoms with van der Waals surface area (Å²) in [6.45, 7) is 2.32. The van der Waals surface area contributed by atoms with Gasteiger partial charge in [0.2, 0.25) is 0 Å². The zero-order valence-corrected chi connectivity index (χ0v) is 12.0. The lowest BCUT2D eigenvalue weighted by molar-refractivity contribution is 0.238. The van der Waals surface area contributed by atoms with Crippen molar-refractivity contribution in [3.8, 4) is 0 Å². The molecule has 2 aromatic rings. The third kappa shape index (κ3) is 4.60. The predicted molar refractivity (Wildman–Crippen MR) is 81.5 cm³/mol. The summed E-state index contributed by atoms with van der Waals surface area (Å²) in [7, 11) is 0. The van der Waals surface area contributed by atoms with Gasteiger partial charge in [-0.15, -0.1) is 0 Å². The zero-order valence-electron chi connectivity index (χ0n) is 12.0. The van der Waals surface area contributed by atoms with E-state index in [0.29, 0.717) is 18.5 Å². The van der Waals surface area contributed by atoms with Crippen molar-refractivity contribution in [2.75, 3.05) is 6.54 Å². The van der Waals surface area contributed by atoms with Gasteiger partial charge >= 0.3 is 6.03 Å². The van der Waals surface area contributed by atoms with Gasteiger partial charge in [0.15, 0.2) is 0 Å². The molecule has 1 unspecified atom stereocenters. The smallest absolute Gasteiger partial charge is 0.315 e. The first-order chi connectivity index (χ1) is 10.2. The summed E-state index contributed by atoms with van der Waals surface area (Å²) >= 11 is 0. The van der Waals surface area contributed by atoms with Crippen molar-refractivity contribution in [3.63, 3.8) is 0 Å². The van der Waals surface area contributed by atoms with Crippen molar-refractivity contribution in [3.05, 3.63) is 71.5 Å². The normalized spacial score (nSPS) is 11.7. The van der Waals surface area contributed by atoms with Crippen molar-refractivity contribution < 1.29 is 9.18 Å². The Labute approximate surface area is 124 Å². The maximum atomic E-state index is 13.4. The molecule has 0 bridgehead atoms. The molecule has 0 aliphatic carbocycles. The molecule has 0 heterocycles. The third-order valence-electron chi connectivity index (χ3n) is 3.28. The van der Waals surface area contributed by atoms with Crippen LogP contribution in [0.1, 0.15) is 24.1 Å². The fourth-order valence-corrected chi connectivity index (χ4v) is 2.08. The molecule has 110 valence electrons. The van der Waals surface area contributed by atoms with E-state index in [1.807, 2.05) is 37.3 Å². The number of carbonyl (C=O) groups is 1. The molecule has 2 N–H and O–H groups in total. The van der Waals surface area contributed by atoms with E-state index in [2.05, 4.69) is 10.6 Å². The van der Waals surface area contributed by atoms with E-state index < -0.39 is 0 Å². The van der Waals surface area contributed by atoms with E-state index in [1.165, 1.54) is 6.07 Å². The molecule has 0 spiro atoms. The molecule has 0 radical (unpaired) electrons. The molecule has 2 aromatic carbocycles. The lowest BCUT2D eigenvalue weighted by Gasteiger charge is -2.15. The van der Waals surface area contributed by atoms with Crippen LogP contribution in [0.2, 0.25) is 0 Å². The van der Waals surface area contributed by atoms with Gasteiger partial charge in [0, 0.05) is 6.54 Å². The molecule has 2 amide bonds. The van der Waals surface area contributed by atoms with E-state index in [1.54, 1.807) is 18.2 Å². The molecule has 0 aliphatic rings. The fourth-order valence-electron chi connectivity index (χ4n) is 2.08. The van der Waals surface area contributed by atoms with E-state index in [0.717, 1.165) is 5.56 Å². The van der Waals surface area contributed by atoms with Crippen LogP contribution in [-0.2, 0) is 6.42 Å². The Morgan fingerprint density at radius 3 is 2.48 bits per heavy atom. The van der Waals surface area contributed by atoms with Crippen molar-refractivity contribution >= 4 is 6.03 Å². The van der Waals surface area contributed by atoms with Crippen molar-refractivity contribution in [2.24, 2.45) is 0 Å². The molecule has 0 saturated carbocycles. The number of amides is 2. The summed E-state index contributed by atoms with van der Waals surface area (Å²) < 4.78 is 13.4. The van der Waals surface area contributed by atoms with Gasteiger partial charge in [-0.05, 0) is 30.5 Å². The summed E-state index contributed by atoms with van der Waals surface area (Å²) in [4.78, 5) is 11.8. The number of benzene rings is 2. The van der Waals surface area contributed by atoms with E-state index >= 15 is 0 Å². The largest absolute Gasteiger partial charge is 0.338 e. The number of rotatable bonds is 5. The highest BCUT2D eigenvalue weighted by Crippen LogP contribution is 2.10. The second-order valence-electron chi connectivity index (χ2n) is 4.87. The highest BCUT2D eigenvalue weighted by Gasteiger charge is 2.08. The number of hydrogen-bond donors (Lipinski definition) is 2. The monoisotopic (exact) mass is 286 g/mol. The lowest BCUT2D eigenvalue weighted by Crippen LogP contribution is -2.38. The number of nitrogens with one attached hydrogen (secondary N) is 2. The van der Waals surface area contributed by atoms with E-state index in [-0.39, 0.29) is 17.9 Å². The topological polar surface area (TPSA) is 41.1 Å². The van der Waals surface area contributed by atoms with Crippen molar-refractivity contribution in [2.45, 2.75) is 19.4 Å². The summed E-state index contributed by atoms with van der Waals surface area (Å²) in [5.41, 5.74) is 1.65. The molecule has 4 heteroatoms. The number of hydrogen-bond acceptors (Lipinski definition) is 1. The van der Waals surface area contributed by atoms with Gasteiger partial charge in [-0.3, -0.25) is 0 Å². The third-order valence-corrected chi connectivity index (χ3v) is 3.28. The highest BCUT2D eigenvalue weighted by atomic mass is 19.1. The number of halogens is 1. The van der Waals surface area contributed by atoms with E-state index in [9.17, 15) is 9.18 Å². The van der Waals surface area contributed by atoms with Gasteiger partial charge in [-0.1, -0.05) is 48.5 Å². The van der Waals surface area contributed by atoms with Crippen LogP contribution in [0.4, 0.5) is 9.18 Å². The molecule has 0 aliphatic heterocycles. The van der Waals surface area contributed by atoms with Crippen LogP contribution in [0.5, 0.6) is 0 Å². The summed E-state index contributed by atoms with van der Waals surface area (Å²) in [6.07, 6.45) is 0.472. The van der Waals surface area contributed by atoms with Crippen molar-refractivity contribution in [1.29, 1.82) is 0 Å². The second-order valence-corrected chi connectivity index (χ2v) is 4.87. The van der Waals surface area contributed by atoms with Gasteiger partial charge in [0.05, 0.1) is 6.04 Å². The molecule has 0 saturated heterocycles. The Kier molecular flexibility index (Phi) is 5.32. The Balaban J connectivity index is 1.76. The Morgan fingerprint density at radius 1 is 1.10 bits per heavy atom. The highest BCUT2D eigenvalue weighted by molar-refractivity contribution is 5.74. The van der Waals surface area contributed by atoms with Gasteiger partial charge < -0.3 is 10.6 Å². The second kappa shape index (κ2) is 7.43. The SMILES string of the molecule is CC(NC(=O)NCCc1ccccc1F)c1ccccc1. The molecule has 0 fully saturated rings. The van der Waals surface area contributed by atoms with Gasteiger partial charge in [0.25, 0.3) is 0 Å². The molecular weight excluding hydrogens is 267 g/mol. The maximum absolute atomic E-state index is 13.4. The van der Waals surface area contributed by atoms with Crippen molar-refractivity contribution in [1.82, 2.24) is 10.6 Å². The number of carbonyl (C=O) groups excluding carboxylic acids is 1. The Bertz CT molecular complexity index is 586. The summed E-state index contributed by atoms with van der Waals surface area (Å²) in [5.74, 6) is -0.239. The lowest BCUT2D eigenvalue weighted by atomic mass is 10.1. The summed E-state index contributed by atoms with van der Waals surface area (Å²) in [6, 6.07) is 16.0. The molecule has 1 atom stereocenters. The predicted octanol–water partition coefficient (Wildman–Crippen LogP) is 3.43. The number of urea groups is 1. The molecular formula is C17H19FN2O. The zero-order chi connectivity index (χ0) is 15.1. The van der Waals surface area contributed by atoms with Crippen LogP contribution in [-0.4, -0.2) is 12.6 Å². The minimum Gasteiger partial charge on any atom is -0.338 e. The van der Waals surface area contributed by atoms with Crippen LogP contribution in [0.3, 0.4) is 0 Å². The van der Waals surface area contributed by atoms with Gasteiger partial charge in [-0.25, -0.2) is 9.18 Å². The van der Waals surface area contributed by atoms with Gasteiger partial charge in [-0.2, -0.15) is 0 Å². The van der Waals surface area contributed by atoms with Gasteiger partial charge in [0.1, 0.15) is 5.82 Å². The average molecular weight is 286 g/mol. The minimum absolute atomic E-state index is 0.0698. The Morgan fingerprint density at radius 2 is 1.76 bits per heavy atom. The molecule has 3 nitrogen and oxygen atoms in total. The quantitative estimate of drug-likeness (QED) is 0.868. The molecule has 0 aromatic heterocycles. The average Bonchev–Trinajstić information content (AvgIpc) is 2.50. The first kappa shape index (κ1) is 15.0. The molecule has 21 heavy (non-hydrogen) atoms. The van der Waals surface area contributed by atoms with Crippen LogP contribution in [0.15, 0.2) is 54.6 Å². The fraction of sp³-hybridized carbons (Fsp3) is 0.235. The first-order valence-electron chi connectivity index (χ1n) is 6.99. The van der Waals surface area contributed by atoms with Crippen LogP contribution in [0, 0.1) is 5.82 Å². The van der Waals surface area contributed by atoms with Crippen LogP contribution in [0.25, 0.3) is 0 Å². The first-order valence-corrected chi connectivity index (χ1v) is 6.99. The standard InChI is InChI=1S/C17H19FN2O/c1-13(14-7-3-2-4-8-14)20-17(21)19-12-11-15-9-5-6-10-16(15)18/h2-10,13H,11-12H2,1H3,(H2,19,20,21). The van der Waals surface area contributed by atoms with E-state index in [4.69, 9.17) is 0 Å². The Hall–Kier alpha value is -2.36. The van der Waals surface area contributed by atoms with Crippen LogP contribution < -0.4 is 10.6 Å². The minimum atomic E-state index is -0.248. The van der Waals surface area contributed by atoms with Crippen LogP contribution >= 0.6 is 0 Å². The maximum Gasteiger partial charge on any atom is 0.315 e. The summed E-state index contributed by atoms with van der Waals surface area (Å²) in [5, 5.41) is 5.60. The molecule has 2 rings (SSSR count).